The summed E-state index contributed by atoms with van der Waals surface area (Å²) in [6.45, 7) is 0. The molecule has 0 saturated heterocycles. The van der Waals surface area contributed by atoms with Crippen molar-refractivity contribution in [2.75, 3.05) is 10.5 Å². The van der Waals surface area contributed by atoms with Crippen molar-refractivity contribution in [1.82, 2.24) is 0 Å². The van der Waals surface area contributed by atoms with Gasteiger partial charge in [-0.05, 0) is 36.4 Å². The topological polar surface area (TPSA) is 72.2 Å². The molecular formula is C12H9F3N2O2S. The lowest BCUT2D eigenvalue weighted by atomic mass is 10.3. The second-order valence-electron chi connectivity index (χ2n) is 3.93. The van der Waals surface area contributed by atoms with Gasteiger partial charge in [-0.15, -0.1) is 0 Å². The third kappa shape index (κ3) is 2.85. The van der Waals surface area contributed by atoms with Crippen molar-refractivity contribution < 1.29 is 21.6 Å². The molecule has 0 fully saturated rings. The Labute approximate surface area is 113 Å². The van der Waals surface area contributed by atoms with Crippen LogP contribution in [0.1, 0.15) is 0 Å². The van der Waals surface area contributed by atoms with Gasteiger partial charge in [0.15, 0.2) is 11.6 Å². The minimum absolute atomic E-state index is 0.00799. The molecule has 4 nitrogen and oxygen atoms in total. The molecule has 8 heteroatoms. The molecule has 0 spiro atoms. The Kier molecular flexibility index (Phi) is 3.58. The highest BCUT2D eigenvalue weighted by atomic mass is 32.2. The van der Waals surface area contributed by atoms with Crippen molar-refractivity contribution in [2.24, 2.45) is 0 Å². The Morgan fingerprint density at radius 1 is 1.00 bits per heavy atom. The minimum atomic E-state index is -4.37. The van der Waals surface area contributed by atoms with E-state index in [1.165, 1.54) is 0 Å². The van der Waals surface area contributed by atoms with Gasteiger partial charge in [0.25, 0.3) is 10.0 Å². The van der Waals surface area contributed by atoms with Gasteiger partial charge in [-0.25, -0.2) is 21.6 Å². The van der Waals surface area contributed by atoms with Crippen LogP contribution < -0.4 is 10.5 Å². The monoisotopic (exact) mass is 302 g/mol. The number of nitrogens with one attached hydrogen (secondary N) is 1. The van der Waals surface area contributed by atoms with Crippen molar-refractivity contribution in [3.63, 3.8) is 0 Å². The standard InChI is InChI=1S/C12H9F3N2O2S/c13-7-1-3-9(4-2-7)17-20(18,19)11-6-8(16)5-10(14)12(11)15/h1-6,17H,16H2. The molecule has 0 unspecified atom stereocenters. The van der Waals surface area contributed by atoms with Gasteiger partial charge in [0.1, 0.15) is 10.7 Å². The predicted molar refractivity (Wildman–Crippen MR) is 68.0 cm³/mol. The van der Waals surface area contributed by atoms with E-state index in [1.807, 2.05) is 4.72 Å². The van der Waals surface area contributed by atoms with E-state index >= 15 is 0 Å². The molecule has 20 heavy (non-hydrogen) atoms. The third-order valence-electron chi connectivity index (χ3n) is 2.40. The zero-order valence-corrected chi connectivity index (χ0v) is 10.7. The summed E-state index contributed by atoms with van der Waals surface area (Å²) in [6, 6.07) is 5.81. The summed E-state index contributed by atoms with van der Waals surface area (Å²) in [5.41, 5.74) is 5.06. The van der Waals surface area contributed by atoms with Gasteiger partial charge >= 0.3 is 0 Å². The van der Waals surface area contributed by atoms with E-state index in [0.717, 1.165) is 30.3 Å². The molecule has 0 bridgehead atoms. The number of hydrogen-bond acceptors (Lipinski definition) is 3. The molecule has 0 aliphatic carbocycles. The first-order valence-corrected chi connectivity index (χ1v) is 6.81. The van der Waals surface area contributed by atoms with Gasteiger partial charge in [-0.3, -0.25) is 4.72 Å². The first-order valence-electron chi connectivity index (χ1n) is 5.32. The van der Waals surface area contributed by atoms with Crippen LogP contribution in [0.5, 0.6) is 0 Å². The minimum Gasteiger partial charge on any atom is -0.399 e. The van der Waals surface area contributed by atoms with E-state index in [-0.39, 0.29) is 11.4 Å². The number of sulfonamides is 1. The molecular weight excluding hydrogens is 293 g/mol. The van der Waals surface area contributed by atoms with Crippen LogP contribution in [-0.2, 0) is 10.0 Å². The molecule has 106 valence electrons. The van der Waals surface area contributed by atoms with Crippen LogP contribution in [-0.4, -0.2) is 8.42 Å². The van der Waals surface area contributed by atoms with Gasteiger partial charge in [-0.1, -0.05) is 0 Å². The van der Waals surface area contributed by atoms with Crippen molar-refractivity contribution in [2.45, 2.75) is 4.90 Å². The highest BCUT2D eigenvalue weighted by Gasteiger charge is 2.22. The molecule has 0 radical (unpaired) electrons. The normalized spacial score (nSPS) is 11.3. The molecule has 0 heterocycles. The third-order valence-corrected chi connectivity index (χ3v) is 3.78. The first kappa shape index (κ1) is 14.2. The van der Waals surface area contributed by atoms with Gasteiger partial charge in [0.05, 0.1) is 0 Å². The maximum Gasteiger partial charge on any atom is 0.265 e. The largest absolute Gasteiger partial charge is 0.399 e. The second kappa shape index (κ2) is 5.04. The highest BCUT2D eigenvalue weighted by molar-refractivity contribution is 7.92. The fourth-order valence-corrected chi connectivity index (χ4v) is 2.69. The van der Waals surface area contributed by atoms with Gasteiger partial charge in [-0.2, -0.15) is 0 Å². The zero-order valence-electron chi connectivity index (χ0n) is 9.90. The van der Waals surface area contributed by atoms with E-state index in [1.54, 1.807) is 0 Å². The number of nitrogens with two attached hydrogens (primary N) is 1. The lowest BCUT2D eigenvalue weighted by molar-refractivity contribution is 0.486. The number of halogens is 3. The summed E-state index contributed by atoms with van der Waals surface area (Å²) in [6.07, 6.45) is 0. The molecule has 2 rings (SSSR count). The van der Waals surface area contributed by atoms with Crippen molar-refractivity contribution in [1.29, 1.82) is 0 Å². The zero-order chi connectivity index (χ0) is 14.9. The number of anilines is 2. The van der Waals surface area contributed by atoms with Gasteiger partial charge < -0.3 is 5.73 Å². The second-order valence-corrected chi connectivity index (χ2v) is 5.58. The van der Waals surface area contributed by atoms with Gasteiger partial charge in [0.2, 0.25) is 0 Å². The summed E-state index contributed by atoms with van der Waals surface area (Å²) < 4.78 is 65.3. The van der Waals surface area contributed by atoms with Crippen LogP contribution >= 0.6 is 0 Å². The van der Waals surface area contributed by atoms with Crippen molar-refractivity contribution in [3.05, 3.63) is 53.8 Å². The number of hydrogen-bond donors (Lipinski definition) is 2. The van der Waals surface area contributed by atoms with Crippen LogP contribution in [0.4, 0.5) is 24.5 Å². The van der Waals surface area contributed by atoms with E-state index in [4.69, 9.17) is 5.73 Å². The Morgan fingerprint density at radius 3 is 2.20 bits per heavy atom. The van der Waals surface area contributed by atoms with E-state index in [2.05, 4.69) is 0 Å². The lowest BCUT2D eigenvalue weighted by Gasteiger charge is -2.10. The summed E-state index contributed by atoms with van der Waals surface area (Å²) in [4.78, 5) is -0.917. The summed E-state index contributed by atoms with van der Waals surface area (Å²) >= 11 is 0. The fourth-order valence-electron chi connectivity index (χ4n) is 1.51. The van der Waals surface area contributed by atoms with Crippen molar-refractivity contribution in [3.8, 4) is 0 Å². The maximum atomic E-state index is 13.5. The Hall–Kier alpha value is -2.22. The average Bonchev–Trinajstić information content (AvgIpc) is 2.36. The number of rotatable bonds is 3. The molecule has 3 N–H and O–H groups in total. The molecule has 0 amide bonds. The maximum absolute atomic E-state index is 13.5. The van der Waals surface area contributed by atoms with Crippen LogP contribution in [0, 0.1) is 17.5 Å². The summed E-state index contributed by atoms with van der Waals surface area (Å²) in [5, 5.41) is 0. The number of benzene rings is 2. The Morgan fingerprint density at radius 2 is 1.60 bits per heavy atom. The quantitative estimate of drug-likeness (QED) is 0.856. The predicted octanol–water partition coefficient (Wildman–Crippen LogP) is 2.49. The molecule has 2 aromatic rings. The van der Waals surface area contributed by atoms with E-state index < -0.39 is 32.4 Å². The SMILES string of the molecule is Nc1cc(F)c(F)c(S(=O)(=O)Nc2ccc(F)cc2)c1. The molecule has 2 aromatic carbocycles. The molecule has 0 saturated carbocycles. The van der Waals surface area contributed by atoms with Crippen molar-refractivity contribution >= 4 is 21.4 Å². The van der Waals surface area contributed by atoms with Gasteiger partial charge in [0, 0.05) is 11.4 Å². The number of nitrogen functional groups attached to an aromatic ring is 1. The lowest BCUT2D eigenvalue weighted by Crippen LogP contribution is -2.15. The summed E-state index contributed by atoms with van der Waals surface area (Å²) in [5.74, 6) is -3.47. The molecule has 0 atom stereocenters. The molecule has 0 aromatic heterocycles. The van der Waals surface area contributed by atoms with Crippen LogP contribution in [0.25, 0.3) is 0 Å². The van der Waals surface area contributed by atoms with E-state index in [9.17, 15) is 21.6 Å². The van der Waals surface area contributed by atoms with Crippen LogP contribution in [0.3, 0.4) is 0 Å². The van der Waals surface area contributed by atoms with E-state index in [0.29, 0.717) is 6.07 Å². The molecule has 0 aliphatic rings. The fraction of sp³-hybridized carbons (Fsp3) is 0. The smallest absolute Gasteiger partial charge is 0.265 e. The van der Waals surface area contributed by atoms with Crippen LogP contribution in [0.2, 0.25) is 0 Å². The average molecular weight is 302 g/mol. The van der Waals surface area contributed by atoms with Crippen LogP contribution in [0.15, 0.2) is 41.3 Å². The summed E-state index contributed by atoms with van der Waals surface area (Å²) in [7, 11) is -4.37. The molecule has 0 aliphatic heterocycles. The first-order chi connectivity index (χ1) is 9.29. The Balaban J connectivity index is 2.43. The highest BCUT2D eigenvalue weighted by Crippen LogP contribution is 2.23. The Bertz CT molecular complexity index is 746.